The van der Waals surface area contributed by atoms with Gasteiger partial charge >= 0.3 is 18.0 Å². The maximum atomic E-state index is 14.3. The molecule has 3 aromatic rings. The van der Waals surface area contributed by atoms with Crippen LogP contribution in [-0.4, -0.2) is 39.9 Å². The number of halogens is 6. The molecule has 0 N–H and O–H groups in total. The molecular formula is C21H17F6N3O3. The number of alkyl halides is 4. The molecule has 1 fully saturated rings. The van der Waals surface area contributed by atoms with Gasteiger partial charge in [-0.15, -0.1) is 0 Å². The summed E-state index contributed by atoms with van der Waals surface area (Å²) in [5.41, 5.74) is -1.39. The Morgan fingerprint density at radius 2 is 1.85 bits per heavy atom. The molecule has 0 saturated carbocycles. The molecule has 0 spiro atoms. The number of rotatable bonds is 8. The average molecular weight is 473 g/mol. The molecule has 176 valence electrons. The predicted molar refractivity (Wildman–Crippen MR) is 103 cm³/mol. The van der Waals surface area contributed by atoms with Gasteiger partial charge in [-0.2, -0.15) is 13.9 Å². The molecule has 2 aromatic carbocycles. The van der Waals surface area contributed by atoms with Crippen molar-refractivity contribution >= 4 is 0 Å². The first-order valence-electron chi connectivity index (χ1n) is 9.70. The Bertz CT molecular complexity index is 1200. The van der Waals surface area contributed by atoms with Gasteiger partial charge in [-0.3, -0.25) is 0 Å². The summed E-state index contributed by atoms with van der Waals surface area (Å²) in [5.74, 6) is -5.94. The van der Waals surface area contributed by atoms with Crippen LogP contribution in [0.3, 0.4) is 0 Å². The molecule has 4 rings (SSSR count). The predicted octanol–water partition coefficient (Wildman–Crippen LogP) is 4.08. The zero-order valence-corrected chi connectivity index (χ0v) is 17.0. The van der Waals surface area contributed by atoms with Crippen molar-refractivity contribution in [2.24, 2.45) is 0 Å². The quantitative estimate of drug-likeness (QED) is 0.366. The fourth-order valence-corrected chi connectivity index (χ4v) is 3.43. The van der Waals surface area contributed by atoms with Crippen LogP contribution in [0.4, 0.5) is 26.3 Å². The Labute approximate surface area is 183 Å². The van der Waals surface area contributed by atoms with Gasteiger partial charge in [0.2, 0.25) is 0 Å². The maximum Gasteiger partial charge on any atom is 0.350 e. The van der Waals surface area contributed by atoms with Crippen LogP contribution in [0.2, 0.25) is 0 Å². The lowest BCUT2D eigenvalue weighted by Crippen LogP contribution is -2.34. The normalized spacial score (nSPS) is 19.0. The largest absolute Gasteiger partial charge is 0.487 e. The summed E-state index contributed by atoms with van der Waals surface area (Å²) in [6.07, 6.45) is -2.65. The second kappa shape index (κ2) is 8.25. The van der Waals surface area contributed by atoms with E-state index in [4.69, 9.17) is 9.47 Å². The van der Waals surface area contributed by atoms with Crippen molar-refractivity contribution < 1.29 is 35.8 Å². The van der Waals surface area contributed by atoms with E-state index in [0.29, 0.717) is 5.69 Å². The van der Waals surface area contributed by atoms with E-state index >= 15 is 0 Å². The number of hydrogen-bond donors (Lipinski definition) is 0. The Morgan fingerprint density at radius 1 is 1.18 bits per heavy atom. The molecule has 0 aliphatic carbocycles. The zero-order chi connectivity index (χ0) is 24.0. The molecule has 2 heterocycles. The first-order valence-corrected chi connectivity index (χ1v) is 9.70. The van der Waals surface area contributed by atoms with E-state index in [9.17, 15) is 31.1 Å². The van der Waals surface area contributed by atoms with Crippen LogP contribution in [0.15, 0.2) is 53.6 Å². The van der Waals surface area contributed by atoms with E-state index in [1.807, 2.05) is 0 Å². The van der Waals surface area contributed by atoms with Crippen molar-refractivity contribution in [3.05, 3.63) is 76.5 Å². The van der Waals surface area contributed by atoms with Crippen molar-refractivity contribution in [3.8, 4) is 11.4 Å². The summed E-state index contributed by atoms with van der Waals surface area (Å²) in [4.78, 5) is 12.9. The summed E-state index contributed by atoms with van der Waals surface area (Å²) < 4.78 is 90.4. The van der Waals surface area contributed by atoms with Crippen LogP contribution in [-0.2, 0) is 10.3 Å². The third kappa shape index (κ3) is 4.22. The monoisotopic (exact) mass is 473 g/mol. The minimum absolute atomic E-state index is 0.0926. The molecule has 0 bridgehead atoms. The number of aromatic nitrogens is 3. The molecule has 0 unspecified atom stereocenters. The summed E-state index contributed by atoms with van der Waals surface area (Å²) in [6, 6.07) is 7.53. The summed E-state index contributed by atoms with van der Waals surface area (Å²) in [6.45, 7) is 0.210. The molecule has 33 heavy (non-hydrogen) atoms. The first kappa shape index (κ1) is 22.9. The number of hydrogen-bond acceptors (Lipinski definition) is 4. The highest BCUT2D eigenvalue weighted by Gasteiger charge is 2.54. The molecule has 0 radical (unpaired) electrons. The number of ether oxygens (including phenoxy) is 2. The fourth-order valence-electron chi connectivity index (χ4n) is 3.43. The molecule has 1 aliphatic heterocycles. The second-order valence-electron chi connectivity index (χ2n) is 7.55. The number of benzene rings is 2. The lowest BCUT2D eigenvalue weighted by Gasteiger charge is -2.20. The van der Waals surface area contributed by atoms with E-state index in [0.717, 1.165) is 21.4 Å². The summed E-state index contributed by atoms with van der Waals surface area (Å²) in [5, 5.41) is 4.06. The Kier molecular flexibility index (Phi) is 5.72. The van der Waals surface area contributed by atoms with Gasteiger partial charge in [0.15, 0.2) is 6.61 Å². The molecule has 1 aliphatic rings. The van der Waals surface area contributed by atoms with Gasteiger partial charge in [0.1, 0.15) is 29.3 Å². The minimum Gasteiger partial charge on any atom is -0.487 e. The Balaban J connectivity index is 1.54. The van der Waals surface area contributed by atoms with Crippen molar-refractivity contribution in [2.45, 2.75) is 30.9 Å². The molecule has 0 amide bonds. The highest BCUT2D eigenvalue weighted by Crippen LogP contribution is 2.48. The van der Waals surface area contributed by atoms with Crippen molar-refractivity contribution in [1.29, 1.82) is 0 Å². The first-order chi connectivity index (χ1) is 15.5. The molecule has 6 nitrogen and oxygen atoms in total. The minimum atomic E-state index is -4.29. The molecule has 2 atom stereocenters. The van der Waals surface area contributed by atoms with Crippen molar-refractivity contribution in [3.63, 3.8) is 0 Å². The summed E-state index contributed by atoms with van der Waals surface area (Å²) in [7, 11) is 0. The highest BCUT2D eigenvalue weighted by atomic mass is 19.3. The van der Waals surface area contributed by atoms with Gasteiger partial charge in [0, 0.05) is 11.6 Å². The highest BCUT2D eigenvalue weighted by molar-refractivity contribution is 5.37. The van der Waals surface area contributed by atoms with Crippen LogP contribution < -0.4 is 10.4 Å². The Morgan fingerprint density at radius 3 is 2.42 bits per heavy atom. The van der Waals surface area contributed by atoms with Gasteiger partial charge in [0.25, 0.3) is 0 Å². The number of nitrogens with zero attached hydrogens (tertiary/aromatic N) is 3. The zero-order valence-electron chi connectivity index (χ0n) is 17.0. The van der Waals surface area contributed by atoms with E-state index in [2.05, 4.69) is 5.10 Å². The number of epoxide rings is 1. The fraction of sp³-hybridized carbons (Fsp3) is 0.333. The third-order valence-corrected chi connectivity index (χ3v) is 5.44. The van der Waals surface area contributed by atoms with Gasteiger partial charge in [-0.1, -0.05) is 6.07 Å². The smallest absolute Gasteiger partial charge is 0.350 e. The van der Waals surface area contributed by atoms with E-state index in [1.165, 1.54) is 36.7 Å². The van der Waals surface area contributed by atoms with E-state index in [-0.39, 0.29) is 17.9 Å². The SMILES string of the molecule is C[C@H](n1ncn(-c2ccc(OCC(F)(F)C(F)F)cc2)c1=O)[C@@]1(c2ccc(F)cc2F)CO1. The van der Waals surface area contributed by atoms with Crippen LogP contribution in [0.1, 0.15) is 18.5 Å². The van der Waals surface area contributed by atoms with Gasteiger partial charge in [0.05, 0.1) is 18.3 Å². The van der Waals surface area contributed by atoms with Gasteiger partial charge < -0.3 is 9.47 Å². The third-order valence-electron chi connectivity index (χ3n) is 5.44. The van der Waals surface area contributed by atoms with Gasteiger partial charge in [-0.05, 0) is 37.3 Å². The van der Waals surface area contributed by atoms with E-state index in [1.54, 1.807) is 6.92 Å². The average Bonchev–Trinajstić information content (AvgIpc) is 3.48. The van der Waals surface area contributed by atoms with Gasteiger partial charge in [-0.25, -0.2) is 31.6 Å². The lowest BCUT2D eigenvalue weighted by molar-refractivity contribution is -0.148. The van der Waals surface area contributed by atoms with E-state index < -0.39 is 47.9 Å². The van der Waals surface area contributed by atoms with Crippen LogP contribution in [0.25, 0.3) is 5.69 Å². The summed E-state index contributed by atoms with van der Waals surface area (Å²) >= 11 is 0. The maximum absolute atomic E-state index is 14.3. The van der Waals surface area contributed by atoms with Crippen molar-refractivity contribution in [1.82, 2.24) is 14.3 Å². The molecule has 1 aromatic heterocycles. The standard InChI is InChI=1S/C21H17F6N3O3/c1-12(20(9-33-20)16-7-2-13(22)8-17(16)23)30-19(31)29(11-28-30)14-3-5-15(6-4-14)32-10-21(26,27)18(24)25/h2-8,11-12,18H,9-10H2,1H3/t12-,20+/m0/s1. The molecule has 12 heteroatoms. The molecular weight excluding hydrogens is 456 g/mol. The Hall–Kier alpha value is -3.28. The topological polar surface area (TPSA) is 61.6 Å². The van der Waals surface area contributed by atoms with Crippen LogP contribution >= 0.6 is 0 Å². The second-order valence-corrected chi connectivity index (χ2v) is 7.55. The van der Waals surface area contributed by atoms with Crippen LogP contribution in [0.5, 0.6) is 5.75 Å². The van der Waals surface area contributed by atoms with Crippen LogP contribution in [0, 0.1) is 11.6 Å². The molecule has 1 saturated heterocycles. The van der Waals surface area contributed by atoms with Crippen molar-refractivity contribution in [2.75, 3.05) is 13.2 Å². The lowest BCUT2D eigenvalue weighted by atomic mass is 9.92.